The Hall–Kier alpha value is -1.15. The number of benzene rings is 1. The molecule has 0 spiro atoms. The minimum atomic E-state index is -3.62. The number of piperazine rings is 1. The van der Waals surface area contributed by atoms with E-state index in [4.69, 9.17) is 11.6 Å². The number of nitrogens with one attached hydrogen (secondary N) is 1. The van der Waals surface area contributed by atoms with Crippen molar-refractivity contribution in [3.05, 3.63) is 29.3 Å². The smallest absolute Gasteiger partial charge is 0.244 e. The van der Waals surface area contributed by atoms with E-state index in [-0.39, 0.29) is 27.9 Å². The molecule has 1 saturated heterocycles. The first kappa shape index (κ1) is 21.6. The van der Waals surface area contributed by atoms with E-state index in [9.17, 15) is 13.2 Å². The molecule has 1 aliphatic heterocycles. The highest BCUT2D eigenvalue weighted by Crippen LogP contribution is 2.26. The predicted octanol–water partition coefficient (Wildman–Crippen LogP) is 2.73. The summed E-state index contributed by atoms with van der Waals surface area (Å²) in [6.07, 6.45) is 4.62. The molecule has 3 rings (SSSR count). The van der Waals surface area contributed by atoms with Crippen molar-refractivity contribution < 1.29 is 13.2 Å². The standard InChI is InChI=1S/C20H30ClN3O3S/c1-15-7-3-5-9-18(15)22-20(25)16(2)23-11-13-24(14-12-23)28(26,27)19-10-6-4-8-17(19)21/h4,6,8,10,15-16,18H,3,5,7,9,11-14H2,1-2H3,(H,22,25)/t15-,16+,18-/m0/s1. The van der Waals surface area contributed by atoms with Crippen molar-refractivity contribution in [2.24, 2.45) is 5.92 Å². The molecule has 0 unspecified atom stereocenters. The molecule has 1 heterocycles. The Bertz CT molecular complexity index is 794. The van der Waals surface area contributed by atoms with Crippen LogP contribution in [0.3, 0.4) is 0 Å². The van der Waals surface area contributed by atoms with Crippen LogP contribution in [-0.2, 0) is 14.8 Å². The third kappa shape index (κ3) is 4.70. The maximum atomic E-state index is 12.9. The Morgan fingerprint density at radius 1 is 1.14 bits per heavy atom. The largest absolute Gasteiger partial charge is 0.352 e. The fourth-order valence-corrected chi connectivity index (χ4v) is 6.04. The molecule has 8 heteroatoms. The Morgan fingerprint density at radius 3 is 2.43 bits per heavy atom. The molecule has 2 fully saturated rings. The summed E-state index contributed by atoms with van der Waals surface area (Å²) in [4.78, 5) is 14.9. The summed E-state index contributed by atoms with van der Waals surface area (Å²) < 4.78 is 27.2. The van der Waals surface area contributed by atoms with Gasteiger partial charge in [0.15, 0.2) is 0 Å². The summed E-state index contributed by atoms with van der Waals surface area (Å²) in [6.45, 7) is 5.86. The van der Waals surface area contributed by atoms with Crippen LogP contribution in [0, 0.1) is 5.92 Å². The van der Waals surface area contributed by atoms with E-state index in [1.807, 2.05) is 6.92 Å². The monoisotopic (exact) mass is 427 g/mol. The van der Waals surface area contributed by atoms with Gasteiger partial charge in [-0.05, 0) is 37.8 Å². The summed E-state index contributed by atoms with van der Waals surface area (Å²) in [6, 6.07) is 6.50. The molecule has 0 radical (unpaired) electrons. The number of halogens is 1. The highest BCUT2D eigenvalue weighted by Gasteiger charge is 2.33. The second kappa shape index (κ2) is 9.11. The van der Waals surface area contributed by atoms with Crippen LogP contribution in [0.4, 0.5) is 0 Å². The van der Waals surface area contributed by atoms with Gasteiger partial charge in [0.1, 0.15) is 4.90 Å². The molecule has 0 bridgehead atoms. The average molecular weight is 428 g/mol. The number of hydrogen-bond acceptors (Lipinski definition) is 4. The van der Waals surface area contributed by atoms with E-state index in [1.165, 1.54) is 23.2 Å². The van der Waals surface area contributed by atoms with Gasteiger partial charge in [-0.15, -0.1) is 0 Å². The molecular formula is C20H30ClN3O3S. The van der Waals surface area contributed by atoms with Crippen molar-refractivity contribution in [3.8, 4) is 0 Å². The highest BCUT2D eigenvalue weighted by molar-refractivity contribution is 7.89. The van der Waals surface area contributed by atoms with Crippen LogP contribution >= 0.6 is 11.6 Å². The number of hydrogen-bond donors (Lipinski definition) is 1. The van der Waals surface area contributed by atoms with Gasteiger partial charge >= 0.3 is 0 Å². The normalized spacial score (nSPS) is 26.0. The lowest BCUT2D eigenvalue weighted by Gasteiger charge is -2.38. The molecule has 6 nitrogen and oxygen atoms in total. The van der Waals surface area contributed by atoms with E-state index in [1.54, 1.807) is 18.2 Å². The zero-order valence-corrected chi connectivity index (χ0v) is 18.2. The van der Waals surface area contributed by atoms with Crippen molar-refractivity contribution in [3.63, 3.8) is 0 Å². The van der Waals surface area contributed by atoms with Crippen LogP contribution in [-0.4, -0.2) is 61.8 Å². The maximum absolute atomic E-state index is 12.9. The molecule has 1 amide bonds. The summed E-state index contributed by atoms with van der Waals surface area (Å²) in [7, 11) is -3.62. The van der Waals surface area contributed by atoms with Crippen LogP contribution in [0.5, 0.6) is 0 Å². The highest BCUT2D eigenvalue weighted by atomic mass is 35.5. The molecular weight excluding hydrogens is 398 g/mol. The molecule has 1 aliphatic carbocycles. The topological polar surface area (TPSA) is 69.7 Å². The van der Waals surface area contributed by atoms with Gasteiger partial charge < -0.3 is 5.32 Å². The fraction of sp³-hybridized carbons (Fsp3) is 0.650. The summed E-state index contributed by atoms with van der Waals surface area (Å²) >= 11 is 6.08. The van der Waals surface area contributed by atoms with Crippen LogP contribution in [0.25, 0.3) is 0 Å². The van der Waals surface area contributed by atoms with Crippen LogP contribution in [0.2, 0.25) is 5.02 Å². The minimum Gasteiger partial charge on any atom is -0.352 e. The molecule has 1 saturated carbocycles. The van der Waals surface area contributed by atoms with Gasteiger partial charge in [0.2, 0.25) is 15.9 Å². The second-order valence-corrected chi connectivity index (χ2v) is 10.2. The quantitative estimate of drug-likeness (QED) is 0.784. The number of nitrogens with zero attached hydrogens (tertiary/aromatic N) is 2. The van der Waals surface area contributed by atoms with Crippen molar-refractivity contribution in [2.75, 3.05) is 26.2 Å². The van der Waals surface area contributed by atoms with Gasteiger partial charge in [-0.1, -0.05) is 43.5 Å². The number of amides is 1. The van der Waals surface area contributed by atoms with E-state index in [0.717, 1.165) is 12.8 Å². The van der Waals surface area contributed by atoms with Crippen molar-refractivity contribution in [2.45, 2.75) is 56.5 Å². The SMILES string of the molecule is C[C@H](C(=O)N[C@H]1CCCC[C@@H]1C)N1CCN(S(=O)(=O)c2ccccc2Cl)CC1. The predicted molar refractivity (Wildman–Crippen MR) is 111 cm³/mol. The fourth-order valence-electron chi connectivity index (χ4n) is 4.12. The van der Waals surface area contributed by atoms with Gasteiger partial charge in [-0.3, -0.25) is 9.69 Å². The van der Waals surface area contributed by atoms with E-state index < -0.39 is 10.0 Å². The summed E-state index contributed by atoms with van der Waals surface area (Å²) in [5.74, 6) is 0.559. The van der Waals surface area contributed by atoms with Gasteiger partial charge in [0.05, 0.1) is 11.1 Å². The minimum absolute atomic E-state index is 0.0427. The molecule has 1 aromatic carbocycles. The number of carbonyl (C=O) groups excluding carboxylic acids is 1. The van der Waals surface area contributed by atoms with E-state index in [0.29, 0.717) is 32.1 Å². The first-order valence-corrected chi connectivity index (χ1v) is 11.9. The Morgan fingerprint density at radius 2 is 1.79 bits per heavy atom. The van der Waals surface area contributed by atoms with Crippen molar-refractivity contribution >= 4 is 27.5 Å². The lowest BCUT2D eigenvalue weighted by atomic mass is 9.86. The van der Waals surface area contributed by atoms with E-state index in [2.05, 4.69) is 17.1 Å². The third-order valence-corrected chi connectivity index (χ3v) is 8.49. The maximum Gasteiger partial charge on any atom is 0.244 e. The Balaban J connectivity index is 1.57. The summed E-state index contributed by atoms with van der Waals surface area (Å²) in [5.41, 5.74) is 0. The average Bonchev–Trinajstić information content (AvgIpc) is 2.69. The molecule has 156 valence electrons. The van der Waals surface area contributed by atoms with Gasteiger partial charge in [-0.25, -0.2) is 8.42 Å². The van der Waals surface area contributed by atoms with Crippen LogP contribution < -0.4 is 5.32 Å². The lowest BCUT2D eigenvalue weighted by Crippen LogP contribution is -2.56. The molecule has 3 atom stereocenters. The molecule has 0 aromatic heterocycles. The zero-order chi connectivity index (χ0) is 20.3. The number of carbonyl (C=O) groups is 1. The zero-order valence-electron chi connectivity index (χ0n) is 16.6. The second-order valence-electron chi connectivity index (χ2n) is 7.92. The van der Waals surface area contributed by atoms with Crippen LogP contribution in [0.15, 0.2) is 29.2 Å². The number of sulfonamides is 1. The molecule has 2 aliphatic rings. The lowest BCUT2D eigenvalue weighted by molar-refractivity contribution is -0.127. The molecule has 28 heavy (non-hydrogen) atoms. The van der Waals surface area contributed by atoms with E-state index >= 15 is 0 Å². The van der Waals surface area contributed by atoms with Crippen molar-refractivity contribution in [1.82, 2.24) is 14.5 Å². The third-order valence-electron chi connectivity index (χ3n) is 6.09. The van der Waals surface area contributed by atoms with Gasteiger partial charge in [0, 0.05) is 32.2 Å². The Kier molecular flexibility index (Phi) is 7.02. The first-order chi connectivity index (χ1) is 13.3. The van der Waals surface area contributed by atoms with Crippen molar-refractivity contribution in [1.29, 1.82) is 0 Å². The van der Waals surface area contributed by atoms with Gasteiger partial charge in [0.25, 0.3) is 0 Å². The summed E-state index contributed by atoms with van der Waals surface area (Å²) in [5, 5.41) is 3.45. The van der Waals surface area contributed by atoms with Gasteiger partial charge in [-0.2, -0.15) is 4.31 Å². The molecule has 1 N–H and O–H groups in total. The first-order valence-electron chi connectivity index (χ1n) is 10.1. The van der Waals surface area contributed by atoms with Crippen LogP contribution in [0.1, 0.15) is 39.5 Å². The molecule has 1 aromatic rings. The Labute approximate surface area is 173 Å². The number of rotatable bonds is 5.